The summed E-state index contributed by atoms with van der Waals surface area (Å²) in [6.45, 7) is 25.3. The van der Waals surface area contributed by atoms with E-state index in [1.165, 1.54) is 0 Å². The third-order valence-corrected chi connectivity index (χ3v) is 17.4. The van der Waals surface area contributed by atoms with Crippen molar-refractivity contribution in [3.63, 3.8) is 0 Å². The van der Waals surface area contributed by atoms with Gasteiger partial charge >= 0.3 is 36.0 Å². The molecule has 3 unspecified atom stereocenters. The summed E-state index contributed by atoms with van der Waals surface area (Å²) >= 11 is 0. The van der Waals surface area contributed by atoms with Crippen molar-refractivity contribution in [2.45, 2.75) is 165 Å². The predicted molar refractivity (Wildman–Crippen MR) is 427 cm³/mol. The molecule has 0 aliphatic carbocycles. The smallest absolute Gasteiger partial charge is 0.338 e. The number of amides is 6. The van der Waals surface area contributed by atoms with Crippen molar-refractivity contribution in [3.05, 3.63) is 233 Å². The number of hydrogen-bond acceptors (Lipinski definition) is 16. The number of allylic oxidation sites excluding steroid dienone is 3. The molecule has 0 bridgehead atoms. The van der Waals surface area contributed by atoms with E-state index in [1.54, 1.807) is 76.4 Å². The van der Waals surface area contributed by atoms with Crippen LogP contribution in [0.5, 0.6) is 17.2 Å². The summed E-state index contributed by atoms with van der Waals surface area (Å²) in [5.41, 5.74) is 11.5. The minimum absolute atomic E-state index is 0.303. The summed E-state index contributed by atoms with van der Waals surface area (Å²) in [6, 6.07) is 48.8. The van der Waals surface area contributed by atoms with Crippen molar-refractivity contribution < 1.29 is 67.1 Å². The van der Waals surface area contributed by atoms with Gasteiger partial charge in [-0.25, -0.2) is 42.8 Å². The number of nitrogens with one attached hydrogen (secondary N) is 6. The Hall–Kier alpha value is -12.7. The minimum Gasteiger partial charge on any atom is -0.494 e. The molecule has 26 nitrogen and oxygen atoms in total. The third-order valence-electron chi connectivity index (χ3n) is 17.4. The van der Waals surface area contributed by atoms with Crippen LogP contribution in [0.25, 0.3) is 50.8 Å². The number of aromatic nitrogens is 6. The third kappa shape index (κ3) is 22.5. The van der Waals surface area contributed by atoms with E-state index in [2.05, 4.69) is 52.7 Å². The summed E-state index contributed by atoms with van der Waals surface area (Å²) in [6.07, 6.45) is 10.8. The van der Waals surface area contributed by atoms with Gasteiger partial charge in [-0.3, -0.25) is 4.79 Å². The maximum absolute atomic E-state index is 13.1. The zero-order chi connectivity index (χ0) is 80.5. The first-order valence-corrected chi connectivity index (χ1v) is 37.7. The number of nitrogens with zero attached hydrogens (tertiary/aromatic N) is 6. The zero-order valence-corrected chi connectivity index (χ0v) is 65.6. The summed E-state index contributed by atoms with van der Waals surface area (Å²) in [7, 11) is 0. The van der Waals surface area contributed by atoms with Crippen molar-refractivity contribution in [2.75, 3.05) is 19.8 Å². The van der Waals surface area contributed by atoms with Gasteiger partial charge in [0.05, 0.1) is 107 Å². The van der Waals surface area contributed by atoms with Crippen LogP contribution in [0.15, 0.2) is 216 Å². The van der Waals surface area contributed by atoms with E-state index in [0.717, 1.165) is 96.4 Å². The van der Waals surface area contributed by atoms with Crippen molar-refractivity contribution >= 4 is 42.0 Å². The average molecular weight is 1530 g/mol. The molecule has 3 aromatic heterocycles. The summed E-state index contributed by atoms with van der Waals surface area (Å²) in [5.74, 6) is 0.0457. The number of ether oxygens (including phenoxy) is 6. The number of hydrogen-bond donors (Lipinski definition) is 7. The highest BCUT2D eigenvalue weighted by Crippen LogP contribution is 2.40. The monoisotopic (exact) mass is 1520 g/mol. The number of para-hydroxylation sites is 3. The molecular weight excluding hydrogens is 1430 g/mol. The van der Waals surface area contributed by atoms with Gasteiger partial charge in [-0.05, 0) is 191 Å². The van der Waals surface area contributed by atoms with Gasteiger partial charge in [0, 0.05) is 76.0 Å². The van der Waals surface area contributed by atoms with Crippen molar-refractivity contribution in [1.29, 1.82) is 0 Å². The maximum atomic E-state index is 13.1. The number of urea groups is 3. The first-order chi connectivity index (χ1) is 53.8. The van der Waals surface area contributed by atoms with E-state index >= 15 is 0 Å². The molecule has 0 fully saturated rings. The second-order valence-corrected chi connectivity index (χ2v) is 27.4. The Labute approximate surface area is 653 Å². The van der Waals surface area contributed by atoms with E-state index in [9.17, 15) is 28.8 Å². The number of esters is 3. The lowest BCUT2D eigenvalue weighted by Crippen LogP contribution is -2.45. The number of carboxylic acid groups (broad SMARTS) is 1. The van der Waals surface area contributed by atoms with Gasteiger partial charge in [0.2, 0.25) is 0 Å². The predicted octanol–water partition coefficient (Wildman–Crippen LogP) is 16.0. The first kappa shape index (κ1) is 83.3. The van der Waals surface area contributed by atoms with Crippen LogP contribution in [-0.4, -0.2) is 115 Å². The highest BCUT2D eigenvalue weighted by atomic mass is 16.6. The Balaban J connectivity index is 0.000000188. The molecule has 9 aromatic rings. The van der Waals surface area contributed by atoms with Gasteiger partial charge < -0.3 is 65.4 Å². The van der Waals surface area contributed by atoms with Crippen LogP contribution in [0, 0.1) is 0 Å². The summed E-state index contributed by atoms with van der Waals surface area (Å²) < 4.78 is 39.2. The van der Waals surface area contributed by atoms with E-state index in [1.807, 2.05) is 182 Å². The van der Waals surface area contributed by atoms with Crippen LogP contribution in [-0.2, 0) is 33.4 Å². The van der Waals surface area contributed by atoms with Gasteiger partial charge in [0.15, 0.2) is 0 Å². The van der Waals surface area contributed by atoms with Crippen LogP contribution in [0.4, 0.5) is 14.4 Å². The fourth-order valence-electron chi connectivity index (χ4n) is 12.2. The Bertz CT molecular complexity index is 4320. The van der Waals surface area contributed by atoms with E-state index < -0.39 is 60.1 Å². The minimum atomic E-state index is -0.833. The fraction of sp³-hybridized carbons (Fsp3) is 0.326. The molecule has 6 heterocycles. The van der Waals surface area contributed by atoms with Crippen molar-refractivity contribution in [2.24, 2.45) is 0 Å². The van der Waals surface area contributed by atoms with Gasteiger partial charge in [-0.2, -0.15) is 15.3 Å². The van der Waals surface area contributed by atoms with Crippen LogP contribution >= 0.6 is 0 Å². The number of aliphatic carboxylic acids is 1. The Morgan fingerprint density at radius 2 is 0.625 bits per heavy atom. The van der Waals surface area contributed by atoms with Crippen molar-refractivity contribution in [3.8, 4) is 68.1 Å². The topological polar surface area (TPSA) is 321 Å². The quantitative estimate of drug-likeness (QED) is 0.0143. The van der Waals surface area contributed by atoms with Gasteiger partial charge in [-0.15, -0.1) is 0 Å². The number of carbonyl (C=O) groups is 7. The molecule has 0 saturated heterocycles. The van der Waals surface area contributed by atoms with Crippen LogP contribution in [0.3, 0.4) is 0 Å². The Kier molecular flexibility index (Phi) is 29.8. The van der Waals surface area contributed by atoms with E-state index in [4.69, 9.17) is 53.6 Å². The van der Waals surface area contributed by atoms with E-state index in [-0.39, 0.29) is 18.3 Å². The Morgan fingerprint density at radius 3 is 0.839 bits per heavy atom. The van der Waals surface area contributed by atoms with Crippen molar-refractivity contribution in [1.82, 2.24) is 61.2 Å². The number of carbonyl (C=O) groups excluding carboxylic acids is 6. The standard InChI is InChI=1S/3C28H32N4O4.C2H4O2/c3*1-5-6-16-35-22-14-12-20(13-15-22)25-23(17-32(31-25)21-10-8-7-9-11-21)26-24(27(33)36-18(2)3)19(4)29-28(34)30-26;1-2(3)4/h3*7-15,17-18,26H,5-6,16H2,1-4H3,(H2,29,30,34);1H3,(H,3,4). The van der Waals surface area contributed by atoms with Crippen LogP contribution < -0.4 is 46.1 Å². The van der Waals surface area contributed by atoms with Gasteiger partial charge in [0.1, 0.15) is 17.2 Å². The molecular formula is C86H100N12O14. The lowest BCUT2D eigenvalue weighted by atomic mass is 9.93. The lowest BCUT2D eigenvalue weighted by Gasteiger charge is -2.28. The molecule has 6 aromatic carbocycles. The average Bonchev–Trinajstić information content (AvgIpc) is 1.65. The summed E-state index contributed by atoms with van der Waals surface area (Å²) in [5, 5.41) is 38.8. The molecule has 6 amide bonds. The second-order valence-electron chi connectivity index (χ2n) is 27.4. The molecule has 12 rings (SSSR count). The molecule has 3 aliphatic rings. The Morgan fingerprint density at radius 1 is 0.393 bits per heavy atom. The number of carboxylic acids is 1. The molecule has 0 spiro atoms. The molecule has 112 heavy (non-hydrogen) atoms. The van der Waals surface area contributed by atoms with Gasteiger partial charge in [-0.1, -0.05) is 94.6 Å². The van der Waals surface area contributed by atoms with Crippen LogP contribution in [0.1, 0.15) is 163 Å². The maximum Gasteiger partial charge on any atom is 0.338 e. The molecule has 3 atom stereocenters. The molecule has 0 radical (unpaired) electrons. The largest absolute Gasteiger partial charge is 0.494 e. The first-order valence-electron chi connectivity index (χ1n) is 37.7. The summed E-state index contributed by atoms with van der Waals surface area (Å²) in [4.78, 5) is 85.7. The molecule has 0 saturated carbocycles. The number of rotatable bonds is 27. The normalized spacial score (nSPS) is 15.1. The second kappa shape index (κ2) is 40.1. The fourth-order valence-corrected chi connectivity index (χ4v) is 12.2. The highest BCUT2D eigenvalue weighted by Gasteiger charge is 2.39. The lowest BCUT2D eigenvalue weighted by molar-refractivity contribution is -0.144. The van der Waals surface area contributed by atoms with E-state index in [0.29, 0.717) is 87.4 Å². The molecule has 26 heteroatoms. The zero-order valence-electron chi connectivity index (χ0n) is 65.6. The number of unbranched alkanes of at least 4 members (excludes halogenated alkanes) is 3. The molecule has 7 N–H and O–H groups in total. The van der Waals surface area contributed by atoms with Gasteiger partial charge in [0.25, 0.3) is 5.97 Å². The molecule has 588 valence electrons. The number of benzene rings is 6. The molecule has 3 aliphatic heterocycles. The SMILES string of the molecule is CC(=O)O.CCCCOc1ccc(-c2nn(-c3ccccc3)cc2C2NC(=O)NC(C)=C2C(=O)OC(C)C)cc1.CCCCOc1ccc(-c2nn(-c3ccccc3)cc2C2NC(=O)NC(C)=C2C(=O)OC(C)C)cc1.CCCCOc1ccc(-c2nn(-c3ccccc3)cc2C2NC(=O)NC(C)=C2C(=O)OC(C)C)cc1. The highest BCUT2D eigenvalue weighted by molar-refractivity contribution is 5.98. The van der Waals surface area contributed by atoms with Crippen LogP contribution in [0.2, 0.25) is 0 Å².